The van der Waals surface area contributed by atoms with E-state index in [0.717, 1.165) is 9.87 Å². The van der Waals surface area contributed by atoms with E-state index >= 15 is 0 Å². The van der Waals surface area contributed by atoms with Crippen molar-refractivity contribution in [3.05, 3.63) is 65.2 Å². The summed E-state index contributed by atoms with van der Waals surface area (Å²) in [5.74, 6) is -0.893. The summed E-state index contributed by atoms with van der Waals surface area (Å²) in [6.45, 7) is 8.10. The minimum absolute atomic E-state index is 0.00212. The first-order valence-electron chi connectivity index (χ1n) is 9.58. The SMILES string of the molecule is CC(NC(=O)CCN1C(=O)c2ccccc2S1(=O)=O)c1ccc(C(C)(C)C)cc1. The van der Waals surface area contributed by atoms with E-state index < -0.39 is 15.9 Å². The first-order valence-corrected chi connectivity index (χ1v) is 11.0. The summed E-state index contributed by atoms with van der Waals surface area (Å²) >= 11 is 0. The highest BCUT2D eigenvalue weighted by Crippen LogP contribution is 2.30. The zero-order valence-corrected chi connectivity index (χ0v) is 17.9. The van der Waals surface area contributed by atoms with Gasteiger partial charge in [0.1, 0.15) is 4.90 Å². The van der Waals surface area contributed by atoms with Crippen LogP contribution in [0.1, 0.15) is 61.6 Å². The monoisotopic (exact) mass is 414 g/mol. The molecule has 1 aliphatic rings. The smallest absolute Gasteiger partial charge is 0.269 e. The van der Waals surface area contributed by atoms with Gasteiger partial charge in [-0.25, -0.2) is 12.7 Å². The number of fused-ring (bicyclic) bond motifs is 1. The molecule has 29 heavy (non-hydrogen) atoms. The van der Waals surface area contributed by atoms with Crippen LogP contribution in [0, 0.1) is 0 Å². The van der Waals surface area contributed by atoms with Gasteiger partial charge in [-0.1, -0.05) is 57.2 Å². The number of nitrogens with zero attached hydrogens (tertiary/aromatic N) is 1. The number of nitrogens with one attached hydrogen (secondary N) is 1. The Hall–Kier alpha value is -2.67. The molecule has 0 radical (unpaired) electrons. The van der Waals surface area contributed by atoms with Gasteiger partial charge in [0.2, 0.25) is 5.91 Å². The summed E-state index contributed by atoms with van der Waals surface area (Å²) in [6.07, 6.45) is -0.0939. The van der Waals surface area contributed by atoms with E-state index in [1.54, 1.807) is 12.1 Å². The van der Waals surface area contributed by atoms with Crippen molar-refractivity contribution < 1.29 is 18.0 Å². The average Bonchev–Trinajstić information content (AvgIpc) is 2.86. The molecule has 2 aromatic rings. The average molecular weight is 415 g/mol. The highest BCUT2D eigenvalue weighted by molar-refractivity contribution is 7.90. The van der Waals surface area contributed by atoms with Crippen LogP contribution in [-0.2, 0) is 20.2 Å². The maximum atomic E-state index is 12.5. The third kappa shape index (κ3) is 4.19. The number of hydrogen-bond donors (Lipinski definition) is 1. The van der Waals surface area contributed by atoms with Gasteiger partial charge in [0.25, 0.3) is 15.9 Å². The van der Waals surface area contributed by atoms with E-state index in [1.165, 1.54) is 17.7 Å². The zero-order valence-electron chi connectivity index (χ0n) is 17.1. The van der Waals surface area contributed by atoms with Crippen LogP contribution >= 0.6 is 0 Å². The molecule has 1 N–H and O–H groups in total. The fraction of sp³-hybridized carbons (Fsp3) is 0.364. The van der Waals surface area contributed by atoms with Crippen molar-refractivity contribution in [1.82, 2.24) is 9.62 Å². The molecule has 1 heterocycles. The van der Waals surface area contributed by atoms with Crippen LogP contribution in [0.5, 0.6) is 0 Å². The Kier molecular flexibility index (Phi) is 5.54. The summed E-state index contributed by atoms with van der Waals surface area (Å²) in [5.41, 5.74) is 2.37. The maximum absolute atomic E-state index is 12.5. The molecule has 0 saturated heterocycles. The first kappa shape index (κ1) is 21.0. The molecule has 7 heteroatoms. The van der Waals surface area contributed by atoms with E-state index in [4.69, 9.17) is 0 Å². The molecule has 1 unspecified atom stereocenters. The predicted molar refractivity (Wildman–Crippen MR) is 111 cm³/mol. The molecule has 3 rings (SSSR count). The molecule has 2 aromatic carbocycles. The lowest BCUT2D eigenvalue weighted by molar-refractivity contribution is -0.121. The molecule has 0 aromatic heterocycles. The summed E-state index contributed by atoms with van der Waals surface area (Å²) < 4.78 is 25.9. The van der Waals surface area contributed by atoms with Crippen molar-refractivity contribution in [3.63, 3.8) is 0 Å². The van der Waals surface area contributed by atoms with Crippen molar-refractivity contribution in [2.24, 2.45) is 0 Å². The fourth-order valence-electron chi connectivity index (χ4n) is 3.32. The van der Waals surface area contributed by atoms with Crippen molar-refractivity contribution in [2.45, 2.75) is 50.5 Å². The summed E-state index contributed by atoms with van der Waals surface area (Å²) in [4.78, 5) is 24.8. The summed E-state index contributed by atoms with van der Waals surface area (Å²) in [6, 6.07) is 13.9. The topological polar surface area (TPSA) is 83.6 Å². The first-order chi connectivity index (χ1) is 13.5. The van der Waals surface area contributed by atoms with Gasteiger partial charge in [0, 0.05) is 13.0 Å². The minimum atomic E-state index is -3.89. The largest absolute Gasteiger partial charge is 0.350 e. The van der Waals surface area contributed by atoms with Crippen LogP contribution in [0.25, 0.3) is 0 Å². The van der Waals surface area contributed by atoms with E-state index in [2.05, 4.69) is 26.1 Å². The Morgan fingerprint density at radius 2 is 1.69 bits per heavy atom. The standard InChI is InChI=1S/C22H26N2O4S/c1-15(16-9-11-17(12-10-16)22(2,3)4)23-20(25)13-14-24-21(26)18-7-5-6-8-19(18)29(24,27)28/h5-12,15H,13-14H2,1-4H3,(H,23,25). The number of rotatable bonds is 5. The highest BCUT2D eigenvalue weighted by Gasteiger charge is 2.40. The lowest BCUT2D eigenvalue weighted by Gasteiger charge is -2.21. The summed E-state index contributed by atoms with van der Waals surface area (Å²) in [7, 11) is -3.89. The molecule has 1 aliphatic heterocycles. The second-order valence-electron chi connectivity index (χ2n) is 8.29. The third-order valence-electron chi connectivity index (χ3n) is 5.11. The van der Waals surface area contributed by atoms with Crippen LogP contribution in [-0.4, -0.2) is 31.1 Å². The number of hydrogen-bond acceptors (Lipinski definition) is 4. The Morgan fingerprint density at radius 1 is 1.07 bits per heavy atom. The second-order valence-corrected chi connectivity index (χ2v) is 10.1. The molecule has 0 saturated carbocycles. The van der Waals surface area contributed by atoms with Gasteiger partial charge in [-0.05, 0) is 35.6 Å². The van der Waals surface area contributed by atoms with E-state index in [0.29, 0.717) is 0 Å². The molecule has 1 atom stereocenters. The van der Waals surface area contributed by atoms with Crippen LogP contribution in [0.2, 0.25) is 0 Å². The van der Waals surface area contributed by atoms with Crippen molar-refractivity contribution in [2.75, 3.05) is 6.54 Å². The quantitative estimate of drug-likeness (QED) is 0.813. The third-order valence-corrected chi connectivity index (χ3v) is 6.95. The second kappa shape index (κ2) is 7.63. The van der Waals surface area contributed by atoms with Crippen LogP contribution in [0.15, 0.2) is 53.4 Å². The molecule has 2 amide bonds. The number of carbonyl (C=O) groups is 2. The van der Waals surface area contributed by atoms with Crippen LogP contribution < -0.4 is 5.32 Å². The van der Waals surface area contributed by atoms with E-state index in [1.807, 2.05) is 31.2 Å². The fourth-order valence-corrected chi connectivity index (χ4v) is 4.89. The van der Waals surface area contributed by atoms with E-state index in [9.17, 15) is 18.0 Å². The molecule has 6 nitrogen and oxygen atoms in total. The zero-order chi connectivity index (χ0) is 21.4. The number of carbonyl (C=O) groups excluding carboxylic acids is 2. The normalized spacial score (nSPS) is 16.4. The Labute approximate surface area is 172 Å². The number of benzene rings is 2. The Morgan fingerprint density at radius 3 is 2.28 bits per heavy atom. The Bertz CT molecular complexity index is 1040. The lowest BCUT2D eigenvalue weighted by atomic mass is 9.86. The number of sulfonamides is 1. The molecule has 154 valence electrons. The minimum Gasteiger partial charge on any atom is -0.350 e. The van der Waals surface area contributed by atoms with Crippen molar-refractivity contribution in [1.29, 1.82) is 0 Å². The van der Waals surface area contributed by atoms with Gasteiger partial charge in [-0.15, -0.1) is 0 Å². The van der Waals surface area contributed by atoms with Gasteiger partial charge < -0.3 is 5.32 Å². The summed E-state index contributed by atoms with van der Waals surface area (Å²) in [5, 5.41) is 2.87. The van der Waals surface area contributed by atoms with Gasteiger partial charge in [0.15, 0.2) is 0 Å². The maximum Gasteiger partial charge on any atom is 0.269 e. The predicted octanol–water partition coefficient (Wildman–Crippen LogP) is 3.40. The van der Waals surface area contributed by atoms with Crippen LogP contribution in [0.3, 0.4) is 0 Å². The van der Waals surface area contributed by atoms with Crippen molar-refractivity contribution >= 4 is 21.8 Å². The number of amides is 2. The van der Waals surface area contributed by atoms with Gasteiger partial charge in [-0.3, -0.25) is 9.59 Å². The van der Waals surface area contributed by atoms with Gasteiger partial charge >= 0.3 is 0 Å². The molecule has 0 spiro atoms. The van der Waals surface area contributed by atoms with Gasteiger partial charge in [0.05, 0.1) is 11.6 Å². The highest BCUT2D eigenvalue weighted by atomic mass is 32.2. The lowest BCUT2D eigenvalue weighted by Crippen LogP contribution is -2.35. The molecule has 0 fully saturated rings. The van der Waals surface area contributed by atoms with Gasteiger partial charge in [-0.2, -0.15) is 0 Å². The van der Waals surface area contributed by atoms with Crippen LogP contribution in [0.4, 0.5) is 0 Å². The van der Waals surface area contributed by atoms with Crippen molar-refractivity contribution in [3.8, 4) is 0 Å². The Balaban J connectivity index is 1.61. The molecular weight excluding hydrogens is 388 g/mol. The molecule has 0 bridgehead atoms. The molecule has 0 aliphatic carbocycles. The molecular formula is C22H26N2O4S. The van der Waals surface area contributed by atoms with E-state index in [-0.39, 0.29) is 40.8 Å².